The van der Waals surface area contributed by atoms with E-state index in [0.29, 0.717) is 11.6 Å². The molecule has 0 aliphatic heterocycles. The van der Waals surface area contributed by atoms with Gasteiger partial charge in [0.2, 0.25) is 0 Å². The highest BCUT2D eigenvalue weighted by atomic mass is 32.2. The lowest BCUT2D eigenvalue weighted by atomic mass is 9.90. The molecule has 2 aromatic carbocycles. The summed E-state index contributed by atoms with van der Waals surface area (Å²) < 4.78 is 29.6. The second-order valence-corrected chi connectivity index (χ2v) is 7.83. The van der Waals surface area contributed by atoms with Crippen molar-refractivity contribution in [2.75, 3.05) is 0 Å². The van der Waals surface area contributed by atoms with Gasteiger partial charge < -0.3 is 0 Å². The van der Waals surface area contributed by atoms with Crippen LogP contribution >= 0.6 is 0 Å². The van der Waals surface area contributed by atoms with E-state index in [1.807, 2.05) is 36.4 Å². The molecule has 1 aliphatic rings. The average molecular weight is 343 g/mol. The predicted molar refractivity (Wildman–Crippen MR) is 94.7 cm³/mol. The van der Waals surface area contributed by atoms with Crippen LogP contribution in [0.1, 0.15) is 49.3 Å². The monoisotopic (exact) mass is 343 g/mol. The first-order chi connectivity index (χ1) is 11.5. The fourth-order valence-corrected chi connectivity index (χ4v) is 3.60. The topological polar surface area (TPSA) is 55.7 Å². The second kappa shape index (κ2) is 6.77. The van der Waals surface area contributed by atoms with E-state index in [-0.39, 0.29) is 4.90 Å². The Morgan fingerprint density at radius 3 is 2.42 bits per heavy atom. The lowest BCUT2D eigenvalue weighted by Gasteiger charge is -2.16. The van der Waals surface area contributed by atoms with Gasteiger partial charge in [0.25, 0.3) is 0 Å². The lowest BCUT2D eigenvalue weighted by molar-refractivity contribution is 0.337. The lowest BCUT2D eigenvalue weighted by Crippen LogP contribution is -2.13. The Bertz CT molecular complexity index is 852. The molecule has 4 nitrogen and oxygen atoms in total. The summed E-state index contributed by atoms with van der Waals surface area (Å²) in [5.74, 6) is 0.349. The van der Waals surface area contributed by atoms with Crippen LogP contribution in [0.4, 0.5) is 0 Å². The molecule has 0 saturated heterocycles. The molecule has 0 amide bonds. The maximum absolute atomic E-state index is 12.3. The second-order valence-electron chi connectivity index (χ2n) is 6.30. The number of nitrogens with zero attached hydrogens (tertiary/aromatic N) is 1. The Hall–Kier alpha value is -2.14. The van der Waals surface area contributed by atoms with E-state index in [4.69, 9.17) is 4.28 Å². The van der Waals surface area contributed by atoms with Crippen molar-refractivity contribution in [3.63, 3.8) is 0 Å². The summed E-state index contributed by atoms with van der Waals surface area (Å²) in [6.07, 6.45) is 2.65. The minimum absolute atomic E-state index is 0.125. The van der Waals surface area contributed by atoms with E-state index >= 15 is 0 Å². The molecule has 1 aliphatic carbocycles. The van der Waals surface area contributed by atoms with E-state index in [1.54, 1.807) is 12.1 Å². The summed E-state index contributed by atoms with van der Waals surface area (Å²) in [5, 5.41) is 3.96. The molecule has 126 valence electrons. The summed E-state index contributed by atoms with van der Waals surface area (Å²) in [5.41, 5.74) is 3.94. The largest absolute Gasteiger partial charge is 0.358 e. The number of oxime groups is 1. The van der Waals surface area contributed by atoms with Crippen LogP contribution in [-0.2, 0) is 20.8 Å². The van der Waals surface area contributed by atoms with Crippen molar-refractivity contribution in [3.05, 3.63) is 65.2 Å². The van der Waals surface area contributed by atoms with Gasteiger partial charge in [-0.3, -0.25) is 4.28 Å². The van der Waals surface area contributed by atoms with Gasteiger partial charge in [0, 0.05) is 5.56 Å². The minimum atomic E-state index is -3.89. The van der Waals surface area contributed by atoms with Gasteiger partial charge in [-0.15, -0.1) is 0 Å². The van der Waals surface area contributed by atoms with Gasteiger partial charge in [-0.1, -0.05) is 55.4 Å². The number of rotatable bonds is 4. The molecular formula is C19H21NO3S. The zero-order valence-corrected chi connectivity index (χ0v) is 14.7. The van der Waals surface area contributed by atoms with Crippen LogP contribution in [0, 0.1) is 0 Å². The van der Waals surface area contributed by atoms with Crippen molar-refractivity contribution < 1.29 is 12.7 Å². The van der Waals surface area contributed by atoms with Crippen molar-refractivity contribution in [3.8, 4) is 0 Å². The van der Waals surface area contributed by atoms with Crippen LogP contribution in [0.25, 0.3) is 0 Å². The first kappa shape index (κ1) is 16.7. The van der Waals surface area contributed by atoms with E-state index in [1.165, 1.54) is 5.56 Å². The van der Waals surface area contributed by atoms with Crippen LogP contribution in [0.2, 0.25) is 0 Å². The Morgan fingerprint density at radius 1 is 1.00 bits per heavy atom. The van der Waals surface area contributed by atoms with Gasteiger partial charge in [0.05, 0.1) is 5.71 Å². The molecule has 0 fully saturated rings. The van der Waals surface area contributed by atoms with Crippen LogP contribution in [0.15, 0.2) is 58.6 Å². The molecule has 0 heterocycles. The molecule has 24 heavy (non-hydrogen) atoms. The number of benzene rings is 2. The van der Waals surface area contributed by atoms with Gasteiger partial charge in [-0.05, 0) is 48.4 Å². The molecule has 0 aromatic heterocycles. The fourth-order valence-electron chi connectivity index (χ4n) is 2.85. The molecule has 0 unspecified atom stereocenters. The van der Waals surface area contributed by atoms with Gasteiger partial charge in [-0.25, -0.2) is 0 Å². The van der Waals surface area contributed by atoms with Crippen molar-refractivity contribution >= 4 is 15.8 Å². The SMILES string of the molecule is CC(C)c1ccc(S(=O)(=O)O/N=C2/CCCc3ccccc32)cc1. The zero-order valence-electron chi connectivity index (χ0n) is 13.9. The third-order valence-corrected chi connectivity index (χ3v) is 5.39. The van der Waals surface area contributed by atoms with Crippen LogP contribution in [0.5, 0.6) is 0 Å². The first-order valence-electron chi connectivity index (χ1n) is 8.16. The summed E-state index contributed by atoms with van der Waals surface area (Å²) in [4.78, 5) is 0.125. The highest BCUT2D eigenvalue weighted by Gasteiger charge is 2.19. The van der Waals surface area contributed by atoms with Crippen molar-refractivity contribution in [1.29, 1.82) is 0 Å². The highest BCUT2D eigenvalue weighted by molar-refractivity contribution is 7.86. The van der Waals surface area contributed by atoms with Crippen LogP contribution in [0.3, 0.4) is 0 Å². The van der Waals surface area contributed by atoms with E-state index < -0.39 is 10.1 Å². The standard InChI is InChI=1S/C19H21NO3S/c1-14(2)15-10-12-17(13-11-15)24(21,22)23-20-19-9-5-7-16-6-3-4-8-18(16)19/h3-4,6,8,10-14H,5,7,9H2,1-2H3/b20-19-. The number of hydrogen-bond donors (Lipinski definition) is 0. The highest BCUT2D eigenvalue weighted by Crippen LogP contribution is 2.23. The molecule has 0 N–H and O–H groups in total. The first-order valence-corrected chi connectivity index (χ1v) is 9.57. The fraction of sp³-hybridized carbons (Fsp3) is 0.316. The number of hydrogen-bond acceptors (Lipinski definition) is 4. The summed E-state index contributed by atoms with van der Waals surface area (Å²) in [6.45, 7) is 4.12. The molecule has 3 rings (SSSR count). The summed E-state index contributed by atoms with van der Waals surface area (Å²) in [7, 11) is -3.89. The molecule has 0 bridgehead atoms. The Balaban J connectivity index is 1.83. The summed E-state index contributed by atoms with van der Waals surface area (Å²) in [6, 6.07) is 14.7. The Morgan fingerprint density at radius 2 is 1.71 bits per heavy atom. The third kappa shape index (κ3) is 3.51. The zero-order chi connectivity index (χ0) is 17.2. The van der Waals surface area contributed by atoms with E-state index in [2.05, 4.69) is 19.0 Å². The molecular weight excluding hydrogens is 322 g/mol. The van der Waals surface area contributed by atoms with Crippen LogP contribution in [-0.4, -0.2) is 14.1 Å². The predicted octanol–water partition coefficient (Wildman–Crippen LogP) is 4.26. The van der Waals surface area contributed by atoms with E-state index in [9.17, 15) is 8.42 Å². The van der Waals surface area contributed by atoms with Gasteiger partial charge >= 0.3 is 10.1 Å². The molecule has 0 radical (unpaired) electrons. The van der Waals surface area contributed by atoms with Crippen LogP contribution < -0.4 is 0 Å². The normalized spacial score (nSPS) is 16.2. The van der Waals surface area contributed by atoms with Crippen molar-refractivity contribution in [2.24, 2.45) is 5.16 Å². The average Bonchev–Trinajstić information content (AvgIpc) is 2.60. The molecule has 0 spiro atoms. The smallest absolute Gasteiger partial charge is 0.264 e. The Labute approximate surface area is 143 Å². The minimum Gasteiger partial charge on any atom is -0.264 e. The maximum Gasteiger partial charge on any atom is 0.358 e. The number of aryl methyl sites for hydroxylation is 1. The summed E-state index contributed by atoms with van der Waals surface area (Å²) >= 11 is 0. The van der Waals surface area contributed by atoms with E-state index in [0.717, 1.165) is 30.4 Å². The maximum atomic E-state index is 12.3. The van der Waals surface area contributed by atoms with Crippen molar-refractivity contribution in [1.82, 2.24) is 0 Å². The number of fused-ring (bicyclic) bond motifs is 1. The van der Waals surface area contributed by atoms with Gasteiger partial charge in [0.15, 0.2) is 0 Å². The molecule has 5 heteroatoms. The molecule has 2 aromatic rings. The van der Waals surface area contributed by atoms with Gasteiger partial charge in [-0.2, -0.15) is 8.42 Å². The quantitative estimate of drug-likeness (QED) is 0.780. The molecule has 0 atom stereocenters. The van der Waals surface area contributed by atoms with Gasteiger partial charge in [0.1, 0.15) is 4.90 Å². The van der Waals surface area contributed by atoms with Crippen molar-refractivity contribution in [2.45, 2.75) is 43.9 Å². The molecule has 0 saturated carbocycles. The third-order valence-electron chi connectivity index (χ3n) is 4.27. The Kier molecular flexibility index (Phi) is 4.71.